The van der Waals surface area contributed by atoms with Crippen LogP contribution >= 0.6 is 39.1 Å². The number of rotatable bonds is 1. The lowest BCUT2D eigenvalue weighted by atomic mass is 10.2. The van der Waals surface area contributed by atoms with E-state index in [4.69, 9.17) is 32.7 Å². The largest absolute Gasteiger partial charge is 0.346 e. The van der Waals surface area contributed by atoms with Gasteiger partial charge in [-0.3, -0.25) is 0 Å². The number of hydrogen-bond donors (Lipinski definition) is 0. The number of benzene rings is 1. The molecule has 0 amide bonds. The standard InChI is InChI=1S/C9H7BrCl2O2/c10-5-3-6(11)8(7(12)4-5)9-13-1-2-14-9/h3-4,9H,1-2H2. The normalized spacial score (nSPS) is 17.6. The molecule has 0 unspecified atom stereocenters. The van der Waals surface area contributed by atoms with Crippen LogP contribution in [0.4, 0.5) is 0 Å². The molecule has 5 heteroatoms. The number of hydrogen-bond acceptors (Lipinski definition) is 2. The highest BCUT2D eigenvalue weighted by atomic mass is 79.9. The highest BCUT2D eigenvalue weighted by Gasteiger charge is 2.23. The molecule has 1 saturated heterocycles. The van der Waals surface area contributed by atoms with Gasteiger partial charge in [-0.05, 0) is 12.1 Å². The minimum absolute atomic E-state index is 0.428. The summed E-state index contributed by atoms with van der Waals surface area (Å²) in [6.45, 7) is 1.15. The van der Waals surface area contributed by atoms with Gasteiger partial charge in [0.05, 0.1) is 23.3 Å². The van der Waals surface area contributed by atoms with Crippen molar-refractivity contribution in [3.8, 4) is 0 Å². The molecule has 1 fully saturated rings. The van der Waals surface area contributed by atoms with Crippen LogP contribution in [0.15, 0.2) is 16.6 Å². The molecule has 1 aromatic rings. The first-order valence-corrected chi connectivity index (χ1v) is 5.61. The van der Waals surface area contributed by atoms with Gasteiger partial charge < -0.3 is 9.47 Å². The van der Waals surface area contributed by atoms with Crippen molar-refractivity contribution >= 4 is 39.1 Å². The molecule has 0 aromatic heterocycles. The molecule has 0 spiro atoms. The van der Waals surface area contributed by atoms with E-state index in [0.717, 1.165) is 4.47 Å². The van der Waals surface area contributed by atoms with Gasteiger partial charge >= 0.3 is 0 Å². The summed E-state index contributed by atoms with van der Waals surface area (Å²) in [7, 11) is 0. The van der Waals surface area contributed by atoms with Crippen LogP contribution in [0.25, 0.3) is 0 Å². The maximum Gasteiger partial charge on any atom is 0.186 e. The van der Waals surface area contributed by atoms with Crippen LogP contribution in [0.5, 0.6) is 0 Å². The van der Waals surface area contributed by atoms with E-state index in [0.29, 0.717) is 28.8 Å². The molecule has 1 aliphatic heterocycles. The third-order valence-electron chi connectivity index (χ3n) is 1.90. The Bertz CT molecular complexity index is 328. The zero-order valence-electron chi connectivity index (χ0n) is 7.10. The van der Waals surface area contributed by atoms with Gasteiger partial charge in [0.25, 0.3) is 0 Å². The van der Waals surface area contributed by atoms with Crippen molar-refractivity contribution in [2.75, 3.05) is 13.2 Å². The molecule has 1 aliphatic rings. The fourth-order valence-electron chi connectivity index (χ4n) is 1.30. The first-order chi connectivity index (χ1) is 6.68. The average molecular weight is 298 g/mol. The Labute approximate surface area is 100 Å². The first-order valence-electron chi connectivity index (χ1n) is 4.06. The Hall–Kier alpha value is 0.200. The summed E-state index contributed by atoms with van der Waals surface area (Å²) in [4.78, 5) is 0. The summed E-state index contributed by atoms with van der Waals surface area (Å²) in [5, 5.41) is 1.10. The van der Waals surface area contributed by atoms with Gasteiger partial charge in [-0.15, -0.1) is 0 Å². The summed E-state index contributed by atoms with van der Waals surface area (Å²) in [6, 6.07) is 3.54. The van der Waals surface area contributed by atoms with Crippen molar-refractivity contribution in [1.82, 2.24) is 0 Å². The molecule has 0 aliphatic carbocycles. The Balaban J connectivity index is 2.40. The minimum Gasteiger partial charge on any atom is -0.346 e. The lowest BCUT2D eigenvalue weighted by Crippen LogP contribution is -2.00. The average Bonchev–Trinajstić information content (AvgIpc) is 2.54. The van der Waals surface area contributed by atoms with Crippen molar-refractivity contribution in [2.45, 2.75) is 6.29 Å². The Morgan fingerprint density at radius 3 is 2.14 bits per heavy atom. The van der Waals surface area contributed by atoms with Gasteiger partial charge in [0.15, 0.2) is 6.29 Å². The van der Waals surface area contributed by atoms with Gasteiger partial charge in [0.1, 0.15) is 0 Å². The van der Waals surface area contributed by atoms with Gasteiger partial charge in [0, 0.05) is 10.0 Å². The smallest absolute Gasteiger partial charge is 0.186 e. The molecular formula is C9H7BrCl2O2. The second-order valence-corrected chi connectivity index (χ2v) is 4.59. The molecule has 76 valence electrons. The van der Waals surface area contributed by atoms with E-state index in [1.54, 1.807) is 12.1 Å². The quantitative estimate of drug-likeness (QED) is 0.785. The summed E-state index contributed by atoms with van der Waals surface area (Å²) in [5.74, 6) is 0. The summed E-state index contributed by atoms with van der Waals surface area (Å²) in [5.41, 5.74) is 0.703. The van der Waals surface area contributed by atoms with E-state index in [-0.39, 0.29) is 0 Å². The second-order valence-electron chi connectivity index (χ2n) is 2.86. The SMILES string of the molecule is Clc1cc(Br)cc(Cl)c1C1OCCO1. The summed E-state index contributed by atoms with van der Waals surface area (Å²) >= 11 is 15.4. The zero-order chi connectivity index (χ0) is 10.1. The molecule has 14 heavy (non-hydrogen) atoms. The monoisotopic (exact) mass is 296 g/mol. The molecule has 2 rings (SSSR count). The fraction of sp³-hybridized carbons (Fsp3) is 0.333. The second kappa shape index (κ2) is 4.37. The van der Waals surface area contributed by atoms with E-state index in [1.165, 1.54) is 0 Å². The van der Waals surface area contributed by atoms with E-state index < -0.39 is 6.29 Å². The third-order valence-corrected chi connectivity index (χ3v) is 2.98. The van der Waals surface area contributed by atoms with Gasteiger partial charge in [-0.1, -0.05) is 39.1 Å². The van der Waals surface area contributed by atoms with Crippen molar-refractivity contribution in [3.05, 3.63) is 32.2 Å². The first kappa shape index (κ1) is 10.7. The molecular weight excluding hydrogens is 291 g/mol. The molecule has 0 bridgehead atoms. The van der Waals surface area contributed by atoms with Gasteiger partial charge in [0.2, 0.25) is 0 Å². The van der Waals surface area contributed by atoms with Crippen LogP contribution in [-0.2, 0) is 9.47 Å². The van der Waals surface area contributed by atoms with Crippen molar-refractivity contribution < 1.29 is 9.47 Å². The molecule has 1 aromatic carbocycles. The van der Waals surface area contributed by atoms with E-state index >= 15 is 0 Å². The highest BCUT2D eigenvalue weighted by molar-refractivity contribution is 9.10. The maximum atomic E-state index is 6.04. The summed E-state index contributed by atoms with van der Waals surface area (Å²) in [6.07, 6.45) is -0.428. The minimum atomic E-state index is -0.428. The predicted octanol–water partition coefficient (Wildman–Crippen LogP) is 3.80. The van der Waals surface area contributed by atoms with Crippen LogP contribution in [0.2, 0.25) is 10.0 Å². The zero-order valence-corrected chi connectivity index (χ0v) is 10.2. The Kier molecular flexibility index (Phi) is 3.34. The van der Waals surface area contributed by atoms with Crippen LogP contribution in [0, 0.1) is 0 Å². The van der Waals surface area contributed by atoms with Crippen molar-refractivity contribution in [3.63, 3.8) is 0 Å². The predicted molar refractivity (Wildman–Crippen MR) is 58.8 cm³/mol. The number of ether oxygens (including phenoxy) is 2. The van der Waals surface area contributed by atoms with E-state index in [2.05, 4.69) is 15.9 Å². The molecule has 0 radical (unpaired) electrons. The van der Waals surface area contributed by atoms with Gasteiger partial charge in [-0.2, -0.15) is 0 Å². The fourth-order valence-corrected chi connectivity index (χ4v) is 2.69. The van der Waals surface area contributed by atoms with Crippen molar-refractivity contribution in [1.29, 1.82) is 0 Å². The molecule has 0 atom stereocenters. The maximum absolute atomic E-state index is 6.04. The Morgan fingerprint density at radius 1 is 1.14 bits per heavy atom. The van der Waals surface area contributed by atoms with E-state index in [1.807, 2.05) is 0 Å². The molecule has 2 nitrogen and oxygen atoms in total. The van der Waals surface area contributed by atoms with E-state index in [9.17, 15) is 0 Å². The van der Waals surface area contributed by atoms with Crippen LogP contribution in [-0.4, -0.2) is 13.2 Å². The van der Waals surface area contributed by atoms with Crippen LogP contribution < -0.4 is 0 Å². The number of halogens is 3. The van der Waals surface area contributed by atoms with Crippen LogP contribution in [0.3, 0.4) is 0 Å². The Morgan fingerprint density at radius 2 is 1.64 bits per heavy atom. The topological polar surface area (TPSA) is 18.5 Å². The third kappa shape index (κ3) is 2.07. The van der Waals surface area contributed by atoms with Gasteiger partial charge in [-0.25, -0.2) is 0 Å². The molecule has 0 saturated carbocycles. The van der Waals surface area contributed by atoms with Crippen LogP contribution in [0.1, 0.15) is 11.9 Å². The molecule has 0 N–H and O–H groups in total. The lowest BCUT2D eigenvalue weighted by molar-refractivity contribution is -0.0439. The molecule has 1 heterocycles. The van der Waals surface area contributed by atoms with Crippen molar-refractivity contribution in [2.24, 2.45) is 0 Å². The summed E-state index contributed by atoms with van der Waals surface area (Å²) < 4.78 is 11.5. The lowest BCUT2D eigenvalue weighted by Gasteiger charge is -2.13. The highest BCUT2D eigenvalue weighted by Crippen LogP contribution is 2.37.